The fourth-order valence-corrected chi connectivity index (χ4v) is 14.4. The summed E-state index contributed by atoms with van der Waals surface area (Å²) in [6.45, 7) is 0. The van der Waals surface area contributed by atoms with Gasteiger partial charge in [0, 0.05) is 32.7 Å². The van der Waals surface area contributed by atoms with Gasteiger partial charge in [0.15, 0.2) is 8.07 Å². The van der Waals surface area contributed by atoms with E-state index < -0.39 is 68.5 Å². The Morgan fingerprint density at radius 1 is 0.349 bits per heavy atom. The minimum Gasteiger partial charge on any atom is -0.456 e. The molecule has 12 aromatic rings. The van der Waals surface area contributed by atoms with E-state index in [-0.39, 0.29) is 27.9 Å². The van der Waals surface area contributed by atoms with E-state index in [1.165, 1.54) is 0 Å². The van der Waals surface area contributed by atoms with Gasteiger partial charge in [-0.05, 0) is 79.4 Å². The predicted molar refractivity (Wildman–Crippen MR) is 268 cm³/mol. The van der Waals surface area contributed by atoms with Crippen LogP contribution in [0.5, 0.6) is 0 Å². The molecule has 0 N–H and O–H groups in total. The molecule has 0 fully saturated rings. The molecule has 0 aliphatic rings. The average Bonchev–Trinajstić information content (AvgIpc) is 3.97. The van der Waals surface area contributed by atoms with Crippen LogP contribution in [0.25, 0.3) is 82.8 Å². The first-order chi connectivity index (χ1) is 35.4. The summed E-state index contributed by atoms with van der Waals surface area (Å²) in [7, 11) is -3.59. The van der Waals surface area contributed by atoms with Crippen LogP contribution in [0.2, 0.25) is 0 Å². The predicted octanol–water partition coefficient (Wildman–Crippen LogP) is 13.1. The van der Waals surface area contributed by atoms with Crippen LogP contribution in [0.3, 0.4) is 0 Å². The zero-order valence-electron chi connectivity index (χ0n) is 43.8. The molecule has 0 unspecified atom stereocenters. The lowest BCUT2D eigenvalue weighted by Gasteiger charge is -2.36. The number of aromatic nitrogens is 1. The Hall–Kier alpha value is -7.98. The van der Waals surface area contributed by atoms with Crippen molar-refractivity contribution < 1.29 is 18.1 Å². The van der Waals surface area contributed by atoms with Gasteiger partial charge in [0.05, 0.1) is 30.4 Å². The van der Waals surface area contributed by atoms with E-state index in [2.05, 4.69) is 48.5 Å². The van der Waals surface area contributed by atoms with Gasteiger partial charge in [0.2, 0.25) is 0 Å². The smallest absolute Gasteiger partial charge is 0.179 e. The number of rotatable bonds is 8. The molecule has 0 amide bonds. The van der Waals surface area contributed by atoms with Crippen LogP contribution < -0.4 is 20.7 Å². The van der Waals surface area contributed by atoms with Gasteiger partial charge in [0.25, 0.3) is 0 Å². The molecule has 0 aliphatic heterocycles. The topological polar surface area (TPSA) is 18.1 Å². The minimum absolute atomic E-state index is 0.100. The molecule has 12 rings (SSSR count). The van der Waals surface area contributed by atoms with Crippen LogP contribution >= 0.6 is 0 Å². The maximum Gasteiger partial charge on any atom is 0.179 e. The quantitative estimate of drug-likeness (QED) is 0.110. The second kappa shape index (κ2) is 15.2. The average molecular weight is 830 g/mol. The first-order valence-electron chi connectivity index (χ1n) is 25.8. The standard InChI is InChI=1S/C60H41NOSi/c1-6-20-42(21-7-1)52-40-49(63(46-24-10-3-11-25-46,47-26-12-4-13-27-47)48-28-14-5-15-29-48)41-53(43-22-8-2-9-23-43)60(52)61-56-32-18-16-30-50(56)54-38-44(34-36-57(54)61)45-35-37-59-55(39-45)51-31-17-19-33-58(51)62-59/h1-41H/i1D,2D,6D,7D,8D,9D,20D,21D,22D,23D. The Labute approximate surface area is 381 Å². The lowest BCUT2D eigenvalue weighted by atomic mass is 9.95. The molecule has 0 spiro atoms. The second-order valence-electron chi connectivity index (χ2n) is 15.7. The summed E-state index contributed by atoms with van der Waals surface area (Å²) in [4.78, 5) is 0. The first kappa shape index (κ1) is 27.8. The summed E-state index contributed by atoms with van der Waals surface area (Å²) >= 11 is 0. The van der Waals surface area contributed by atoms with Crippen LogP contribution in [0.4, 0.5) is 0 Å². The van der Waals surface area contributed by atoms with Crippen molar-refractivity contribution in [3.63, 3.8) is 0 Å². The van der Waals surface area contributed by atoms with Gasteiger partial charge in [-0.2, -0.15) is 0 Å². The van der Waals surface area contributed by atoms with Crippen LogP contribution in [0.1, 0.15) is 13.7 Å². The molecular weight excluding hydrogens is 779 g/mol. The molecule has 2 heterocycles. The third-order valence-electron chi connectivity index (χ3n) is 12.3. The molecule has 0 aliphatic carbocycles. The fraction of sp³-hybridized carbons (Fsp3) is 0. The zero-order chi connectivity index (χ0) is 50.4. The highest BCUT2D eigenvalue weighted by Crippen LogP contribution is 2.43. The van der Waals surface area contributed by atoms with Crippen molar-refractivity contribution in [1.82, 2.24) is 4.57 Å². The Balaban J connectivity index is 1.29. The maximum atomic E-state index is 9.68. The molecule has 296 valence electrons. The molecule has 10 aromatic carbocycles. The van der Waals surface area contributed by atoms with Gasteiger partial charge in [-0.15, -0.1) is 0 Å². The largest absolute Gasteiger partial charge is 0.456 e. The lowest BCUT2D eigenvalue weighted by molar-refractivity contribution is 0.669. The number of nitrogens with zero attached hydrogens (tertiary/aromatic N) is 1. The van der Waals surface area contributed by atoms with E-state index in [9.17, 15) is 5.48 Å². The number of furan rings is 1. The van der Waals surface area contributed by atoms with E-state index in [1.807, 2.05) is 144 Å². The van der Waals surface area contributed by atoms with Crippen LogP contribution in [0.15, 0.2) is 253 Å². The minimum atomic E-state index is -3.59. The number of hydrogen-bond acceptors (Lipinski definition) is 1. The third-order valence-corrected chi connectivity index (χ3v) is 17.1. The molecule has 0 saturated carbocycles. The van der Waals surface area contributed by atoms with Gasteiger partial charge in [-0.1, -0.05) is 212 Å². The van der Waals surface area contributed by atoms with E-state index in [4.69, 9.17) is 12.6 Å². The van der Waals surface area contributed by atoms with Gasteiger partial charge < -0.3 is 8.98 Å². The summed E-state index contributed by atoms with van der Waals surface area (Å²) in [6, 6.07) is 56.9. The van der Waals surface area contributed by atoms with E-state index in [1.54, 1.807) is 0 Å². The Bertz CT molecular complexity index is 3970. The van der Waals surface area contributed by atoms with Crippen molar-refractivity contribution in [3.8, 4) is 39.1 Å². The third kappa shape index (κ3) is 6.00. The van der Waals surface area contributed by atoms with E-state index in [0.717, 1.165) is 59.4 Å². The van der Waals surface area contributed by atoms with Crippen LogP contribution in [-0.2, 0) is 0 Å². The van der Waals surface area contributed by atoms with Crippen molar-refractivity contribution >= 4 is 72.6 Å². The summed E-state index contributed by atoms with van der Waals surface area (Å²) < 4.78 is 101. The van der Waals surface area contributed by atoms with E-state index >= 15 is 0 Å². The molecule has 0 bridgehead atoms. The number of hydrogen-bond donors (Lipinski definition) is 0. The highest BCUT2D eigenvalue weighted by atomic mass is 28.3. The Morgan fingerprint density at radius 2 is 0.810 bits per heavy atom. The number of para-hydroxylation sites is 2. The summed E-state index contributed by atoms with van der Waals surface area (Å²) in [5.41, 5.74) is 5.30. The summed E-state index contributed by atoms with van der Waals surface area (Å²) in [5, 5.41) is 7.21. The number of benzene rings is 10. The zero-order valence-corrected chi connectivity index (χ0v) is 34.8. The molecular formula is C60H41NOSi. The Morgan fingerprint density at radius 3 is 1.40 bits per heavy atom. The number of fused-ring (bicyclic) bond motifs is 6. The molecule has 0 radical (unpaired) electrons. The SMILES string of the molecule is [2H]c1c([2H])c([2H])c(-c2cc([Si](c3ccccc3)(c3ccccc3)c3ccccc3)cc(-c3c([2H])c([2H])c([2H])c([2H])c3[2H])c2-n2c3ccccc3c3cc(-c4ccc5oc6ccccc6c5c4)ccc32)c([2H])c1[2H]. The molecule has 0 saturated heterocycles. The van der Waals surface area contributed by atoms with Crippen molar-refractivity contribution in [2.75, 3.05) is 0 Å². The van der Waals surface area contributed by atoms with Gasteiger partial charge in [-0.25, -0.2) is 0 Å². The van der Waals surface area contributed by atoms with Gasteiger partial charge in [0.1, 0.15) is 11.2 Å². The Kier molecular flexibility index (Phi) is 6.69. The molecule has 2 aromatic heterocycles. The molecule has 63 heavy (non-hydrogen) atoms. The van der Waals surface area contributed by atoms with Crippen molar-refractivity contribution in [3.05, 3.63) is 248 Å². The normalized spacial score (nSPS) is 14.0. The molecule has 2 nitrogen and oxygen atoms in total. The van der Waals surface area contributed by atoms with E-state index in [0.29, 0.717) is 16.2 Å². The lowest BCUT2D eigenvalue weighted by Crippen LogP contribution is -2.74. The van der Waals surface area contributed by atoms with Crippen molar-refractivity contribution in [2.45, 2.75) is 0 Å². The fourth-order valence-electron chi connectivity index (χ4n) is 9.61. The van der Waals surface area contributed by atoms with Gasteiger partial charge in [-0.3, -0.25) is 0 Å². The molecule has 0 atom stereocenters. The summed E-state index contributed by atoms with van der Waals surface area (Å²) in [5.74, 6) is 0. The molecule has 3 heteroatoms. The monoisotopic (exact) mass is 829 g/mol. The highest BCUT2D eigenvalue weighted by Gasteiger charge is 2.42. The van der Waals surface area contributed by atoms with Gasteiger partial charge >= 0.3 is 0 Å². The first-order valence-corrected chi connectivity index (χ1v) is 22.8. The highest BCUT2D eigenvalue weighted by molar-refractivity contribution is 7.20. The second-order valence-corrected chi connectivity index (χ2v) is 19.5. The maximum absolute atomic E-state index is 9.68. The summed E-state index contributed by atoms with van der Waals surface area (Å²) in [6.07, 6.45) is 0. The van der Waals surface area contributed by atoms with Crippen LogP contribution in [-0.4, -0.2) is 12.6 Å². The van der Waals surface area contributed by atoms with Crippen molar-refractivity contribution in [2.24, 2.45) is 0 Å². The van der Waals surface area contributed by atoms with Crippen LogP contribution in [0, 0.1) is 0 Å². The van der Waals surface area contributed by atoms with Crippen molar-refractivity contribution in [1.29, 1.82) is 0 Å².